The minimum absolute atomic E-state index is 0.0906. The fourth-order valence-corrected chi connectivity index (χ4v) is 3.34. The number of likely N-dealkylation sites (N-methyl/N-ethyl adjacent to an activating group) is 1. The number of aryl methyl sites for hydroxylation is 1. The van der Waals surface area contributed by atoms with Crippen LogP contribution in [0.3, 0.4) is 0 Å². The van der Waals surface area contributed by atoms with Crippen molar-refractivity contribution in [1.82, 2.24) is 15.2 Å². The molecule has 1 aliphatic carbocycles. The van der Waals surface area contributed by atoms with Gasteiger partial charge in [0.05, 0.1) is 18.4 Å². The molecule has 29 heavy (non-hydrogen) atoms. The fraction of sp³-hybridized carbons (Fsp3) is 0.238. The van der Waals surface area contributed by atoms with Crippen LogP contribution in [0.2, 0.25) is 0 Å². The number of amides is 2. The number of aromatic nitrogens is 1. The Balaban J connectivity index is 1.66. The van der Waals surface area contributed by atoms with Gasteiger partial charge in [0.1, 0.15) is 0 Å². The number of carbonyl (C=O) groups is 2. The number of hydrogen-bond acceptors (Lipinski definition) is 6. The molecule has 0 unspecified atom stereocenters. The zero-order chi connectivity index (χ0) is 20.5. The Labute approximate surface area is 167 Å². The van der Waals surface area contributed by atoms with Gasteiger partial charge in [0.2, 0.25) is 11.7 Å². The van der Waals surface area contributed by atoms with Gasteiger partial charge in [-0.3, -0.25) is 14.6 Å². The molecule has 148 valence electrons. The molecule has 0 saturated heterocycles. The highest BCUT2D eigenvalue weighted by molar-refractivity contribution is 6.08. The van der Waals surface area contributed by atoms with Crippen molar-refractivity contribution in [3.8, 4) is 0 Å². The van der Waals surface area contributed by atoms with Crippen LogP contribution in [0.25, 0.3) is 11.0 Å². The van der Waals surface area contributed by atoms with Crippen LogP contribution in [0.4, 0.5) is 11.4 Å². The lowest BCUT2D eigenvalue weighted by molar-refractivity contribution is -0.127. The summed E-state index contributed by atoms with van der Waals surface area (Å²) in [7, 11) is 3.25. The van der Waals surface area contributed by atoms with E-state index in [0.29, 0.717) is 17.0 Å². The van der Waals surface area contributed by atoms with Crippen molar-refractivity contribution in [2.45, 2.75) is 12.8 Å². The van der Waals surface area contributed by atoms with Crippen LogP contribution in [-0.2, 0) is 11.2 Å². The number of furan rings is 1. The van der Waals surface area contributed by atoms with Crippen LogP contribution in [0.15, 0.2) is 41.1 Å². The van der Waals surface area contributed by atoms with Crippen molar-refractivity contribution in [3.05, 3.63) is 53.5 Å². The molecule has 3 aromatic rings. The molecule has 0 radical (unpaired) electrons. The molecule has 2 aromatic heterocycles. The number of pyridine rings is 1. The molecule has 0 atom stereocenters. The zero-order valence-electron chi connectivity index (χ0n) is 16.2. The summed E-state index contributed by atoms with van der Waals surface area (Å²) in [5.74, 6) is -0.610. The van der Waals surface area contributed by atoms with Crippen LogP contribution < -0.4 is 10.6 Å². The molecule has 8 nitrogen and oxygen atoms in total. The number of anilines is 2. The Bertz CT molecular complexity index is 1130. The maximum Gasteiger partial charge on any atom is 0.289 e. The quantitative estimate of drug-likeness (QED) is 0.619. The van der Waals surface area contributed by atoms with Crippen molar-refractivity contribution in [2.75, 3.05) is 26.0 Å². The Morgan fingerprint density at radius 3 is 2.86 bits per heavy atom. The van der Waals surface area contributed by atoms with E-state index in [2.05, 4.69) is 15.6 Å². The molecular weight excluding hydrogens is 370 g/mol. The van der Waals surface area contributed by atoms with Crippen molar-refractivity contribution in [3.63, 3.8) is 0 Å². The van der Waals surface area contributed by atoms with Crippen molar-refractivity contribution < 1.29 is 14.0 Å². The third kappa shape index (κ3) is 3.56. The van der Waals surface area contributed by atoms with Crippen LogP contribution in [0.1, 0.15) is 28.1 Å². The molecule has 2 heterocycles. The van der Waals surface area contributed by atoms with Gasteiger partial charge in [-0.05, 0) is 42.2 Å². The van der Waals surface area contributed by atoms with Crippen LogP contribution in [0.5, 0.6) is 0 Å². The van der Waals surface area contributed by atoms with Gasteiger partial charge in [-0.2, -0.15) is 0 Å². The number of rotatable bonds is 5. The molecular formula is C21H21N5O3. The predicted molar refractivity (Wildman–Crippen MR) is 110 cm³/mol. The first-order chi connectivity index (χ1) is 13.9. The minimum atomic E-state index is -0.484. The monoisotopic (exact) mass is 391 g/mol. The molecule has 3 N–H and O–H groups in total. The Kier molecular flexibility index (Phi) is 4.75. The largest absolute Gasteiger partial charge is 0.447 e. The summed E-state index contributed by atoms with van der Waals surface area (Å²) < 4.78 is 5.74. The summed E-state index contributed by atoms with van der Waals surface area (Å²) in [4.78, 5) is 30.0. The third-order valence-electron chi connectivity index (χ3n) is 4.94. The van der Waals surface area contributed by atoms with E-state index >= 15 is 0 Å². The summed E-state index contributed by atoms with van der Waals surface area (Å²) in [6.45, 7) is -0.123. The average Bonchev–Trinajstić information content (AvgIpc) is 3.26. The smallest absolute Gasteiger partial charge is 0.289 e. The molecule has 8 heteroatoms. The molecule has 1 aliphatic rings. The number of nitrogens with one attached hydrogen (secondary N) is 3. The molecule has 0 saturated carbocycles. The van der Waals surface area contributed by atoms with E-state index in [1.165, 1.54) is 4.90 Å². The Hall–Kier alpha value is -3.68. The molecule has 4 rings (SSSR count). The second kappa shape index (κ2) is 7.38. The van der Waals surface area contributed by atoms with Gasteiger partial charge < -0.3 is 25.4 Å². The van der Waals surface area contributed by atoms with E-state index in [1.807, 2.05) is 18.2 Å². The lowest BCUT2D eigenvalue weighted by Crippen LogP contribution is -2.36. The average molecular weight is 391 g/mol. The van der Waals surface area contributed by atoms with Crippen LogP contribution in [0, 0.1) is 5.41 Å². The molecule has 2 amide bonds. The Morgan fingerprint density at radius 2 is 2.07 bits per heavy atom. The highest BCUT2D eigenvalue weighted by atomic mass is 16.3. The number of hydrogen-bond donors (Lipinski definition) is 3. The minimum Gasteiger partial charge on any atom is -0.447 e. The van der Waals surface area contributed by atoms with Gasteiger partial charge >= 0.3 is 0 Å². The van der Waals surface area contributed by atoms with E-state index in [4.69, 9.17) is 9.83 Å². The fourth-order valence-electron chi connectivity index (χ4n) is 3.34. The first-order valence-corrected chi connectivity index (χ1v) is 9.26. The van der Waals surface area contributed by atoms with Crippen LogP contribution in [-0.4, -0.2) is 48.1 Å². The first-order valence-electron chi connectivity index (χ1n) is 9.26. The maximum atomic E-state index is 12.7. The Morgan fingerprint density at radius 1 is 1.24 bits per heavy atom. The van der Waals surface area contributed by atoms with E-state index in [0.717, 1.165) is 35.0 Å². The third-order valence-corrected chi connectivity index (χ3v) is 4.94. The summed E-state index contributed by atoms with van der Waals surface area (Å²) in [5.41, 5.74) is 4.52. The topological polar surface area (TPSA) is 111 Å². The molecule has 1 aromatic carbocycles. The number of fused-ring (bicyclic) bond motifs is 2. The zero-order valence-corrected chi connectivity index (χ0v) is 16.2. The van der Waals surface area contributed by atoms with E-state index in [1.54, 1.807) is 32.6 Å². The number of benzene rings is 1. The van der Waals surface area contributed by atoms with Gasteiger partial charge in [-0.1, -0.05) is 6.07 Å². The standard InChI is InChI=1S/C21H21N5O3/c1-26(2)18(27)11-24-21(28)20-19(15-7-8-23-10-17(15)29-20)25-13-4-5-14-12(9-13)3-6-16(14)22/h4-5,7-10,22,25H,3,6,11H2,1-2H3,(H,24,28). The summed E-state index contributed by atoms with van der Waals surface area (Å²) in [5, 5.41) is 14.6. The summed E-state index contributed by atoms with van der Waals surface area (Å²) in [6.07, 6.45) is 4.75. The second-order valence-corrected chi connectivity index (χ2v) is 7.12. The van der Waals surface area contributed by atoms with Gasteiger partial charge in [0.25, 0.3) is 5.91 Å². The van der Waals surface area contributed by atoms with Crippen molar-refractivity contribution >= 4 is 39.9 Å². The second-order valence-electron chi connectivity index (χ2n) is 7.12. The van der Waals surface area contributed by atoms with Gasteiger partial charge in [-0.15, -0.1) is 0 Å². The molecule has 0 spiro atoms. The van der Waals surface area contributed by atoms with Crippen molar-refractivity contribution in [2.24, 2.45) is 0 Å². The number of carbonyl (C=O) groups excluding carboxylic acids is 2. The van der Waals surface area contributed by atoms with E-state index in [-0.39, 0.29) is 18.2 Å². The molecule has 0 fully saturated rings. The molecule has 0 bridgehead atoms. The van der Waals surface area contributed by atoms with Crippen LogP contribution >= 0.6 is 0 Å². The summed E-state index contributed by atoms with van der Waals surface area (Å²) in [6, 6.07) is 7.57. The van der Waals surface area contributed by atoms with E-state index in [9.17, 15) is 9.59 Å². The van der Waals surface area contributed by atoms with Crippen molar-refractivity contribution in [1.29, 1.82) is 5.41 Å². The lowest BCUT2D eigenvalue weighted by atomic mass is 10.1. The lowest BCUT2D eigenvalue weighted by Gasteiger charge is -2.11. The van der Waals surface area contributed by atoms with Gasteiger partial charge in [0.15, 0.2) is 5.58 Å². The SMILES string of the molecule is CN(C)C(=O)CNC(=O)c1oc2cnccc2c1Nc1ccc2c(c1)CCC2=N. The summed E-state index contributed by atoms with van der Waals surface area (Å²) >= 11 is 0. The van der Waals surface area contributed by atoms with E-state index < -0.39 is 5.91 Å². The van der Waals surface area contributed by atoms with Gasteiger partial charge in [0, 0.05) is 37.1 Å². The molecule has 0 aliphatic heterocycles. The highest BCUT2D eigenvalue weighted by Gasteiger charge is 2.23. The number of nitrogens with zero attached hydrogens (tertiary/aromatic N) is 2. The predicted octanol–water partition coefficient (Wildman–Crippen LogP) is 2.70. The first kappa shape index (κ1) is 18.7. The highest BCUT2D eigenvalue weighted by Crippen LogP contribution is 2.34. The maximum absolute atomic E-state index is 12.7. The van der Waals surface area contributed by atoms with Gasteiger partial charge in [-0.25, -0.2) is 0 Å². The normalized spacial score (nSPS) is 12.7.